The number of carbonyl (C=O) groups excluding carboxylic acids is 1. The van der Waals surface area contributed by atoms with Crippen LogP contribution in [0.5, 0.6) is 23.0 Å². The van der Waals surface area contributed by atoms with E-state index in [-0.39, 0.29) is 23.7 Å². The van der Waals surface area contributed by atoms with Gasteiger partial charge in [0.1, 0.15) is 17.1 Å². The van der Waals surface area contributed by atoms with Crippen molar-refractivity contribution in [2.75, 3.05) is 46.4 Å². The number of halogens is 1. The van der Waals surface area contributed by atoms with Crippen molar-refractivity contribution >= 4 is 17.7 Å². The fourth-order valence-electron chi connectivity index (χ4n) is 3.61. The Kier molecular flexibility index (Phi) is 6.93. The van der Waals surface area contributed by atoms with Gasteiger partial charge < -0.3 is 29.2 Å². The van der Waals surface area contributed by atoms with Crippen molar-refractivity contribution in [3.63, 3.8) is 0 Å². The smallest absolute Gasteiger partial charge is 0.262 e. The number of carbonyl (C=O) groups is 1. The number of hydrogen-bond acceptors (Lipinski definition) is 6. The van der Waals surface area contributed by atoms with Gasteiger partial charge >= 0.3 is 0 Å². The highest BCUT2D eigenvalue weighted by Gasteiger charge is 2.30. The predicted octanol–water partition coefficient (Wildman–Crippen LogP) is 3.90. The molecule has 0 unspecified atom stereocenters. The maximum absolute atomic E-state index is 15.3. The summed E-state index contributed by atoms with van der Waals surface area (Å²) >= 11 is 0. The number of fused-ring (bicyclic) bond motifs is 1. The molecule has 0 aliphatic carbocycles. The molecule has 0 spiro atoms. The Morgan fingerprint density at radius 1 is 1.09 bits per heavy atom. The predicted molar refractivity (Wildman–Crippen MR) is 122 cm³/mol. The van der Waals surface area contributed by atoms with Crippen molar-refractivity contribution in [1.82, 2.24) is 5.32 Å². The van der Waals surface area contributed by atoms with E-state index < -0.39 is 17.3 Å². The maximum Gasteiger partial charge on any atom is 0.262 e. The molecular formula is C24H29FN2O5. The fourth-order valence-corrected chi connectivity index (χ4v) is 3.61. The number of nitrogens with one attached hydrogen (secondary N) is 1. The highest BCUT2D eigenvalue weighted by molar-refractivity contribution is 6.09. The molecule has 1 N–H and O–H groups in total. The van der Waals surface area contributed by atoms with E-state index in [0.717, 1.165) is 0 Å². The number of ether oxygens (including phenoxy) is 4. The second kappa shape index (κ2) is 9.48. The van der Waals surface area contributed by atoms with Crippen LogP contribution < -0.4 is 29.2 Å². The molecule has 0 bridgehead atoms. The van der Waals surface area contributed by atoms with E-state index in [0.29, 0.717) is 29.2 Å². The minimum atomic E-state index is -0.682. The van der Waals surface area contributed by atoms with Crippen LogP contribution in [0.4, 0.5) is 10.1 Å². The number of hydrogen-bond donors (Lipinski definition) is 1. The number of likely N-dealkylation sites (N-methyl/N-ethyl adjacent to an activating group) is 1. The number of amides is 1. The first kappa shape index (κ1) is 23.4. The zero-order valence-electron chi connectivity index (χ0n) is 19.2. The van der Waals surface area contributed by atoms with Gasteiger partial charge in [0.2, 0.25) is 0 Å². The van der Waals surface area contributed by atoms with Crippen LogP contribution in [-0.2, 0) is 0 Å². The van der Waals surface area contributed by atoms with Gasteiger partial charge in [0.15, 0.2) is 17.3 Å². The first-order valence-corrected chi connectivity index (χ1v) is 10.2. The van der Waals surface area contributed by atoms with Crippen LogP contribution in [-0.4, -0.2) is 53.0 Å². The summed E-state index contributed by atoms with van der Waals surface area (Å²) in [4.78, 5) is 15.0. The van der Waals surface area contributed by atoms with Gasteiger partial charge in [-0.2, -0.15) is 0 Å². The lowest BCUT2D eigenvalue weighted by Gasteiger charge is -2.30. The Bertz CT molecular complexity index is 1040. The van der Waals surface area contributed by atoms with Crippen molar-refractivity contribution in [3.05, 3.63) is 47.3 Å². The van der Waals surface area contributed by atoms with Crippen molar-refractivity contribution in [2.24, 2.45) is 0 Å². The Labute approximate surface area is 187 Å². The number of rotatable bonds is 8. The minimum Gasteiger partial charge on any atom is -0.495 e. The van der Waals surface area contributed by atoms with Crippen LogP contribution in [0.3, 0.4) is 0 Å². The summed E-state index contributed by atoms with van der Waals surface area (Å²) in [6.07, 6.45) is 3.78. The molecule has 1 heterocycles. The molecule has 172 valence electrons. The fraction of sp³-hybridized carbons (Fsp3) is 0.375. The standard InChI is InChI=1S/C24H29FN2O5/c1-24(2)12-11-15-18(32-24)9-7-16(21(15)30-5)23(28)27(14-13-26-3)17-8-10-19(29-4)22(31-6)20(17)25/h7-12,26H,13-14H2,1-6H3. The average Bonchev–Trinajstić information content (AvgIpc) is 2.78. The van der Waals surface area contributed by atoms with Crippen molar-refractivity contribution in [2.45, 2.75) is 19.4 Å². The lowest BCUT2D eigenvalue weighted by Crippen LogP contribution is -2.37. The zero-order chi connectivity index (χ0) is 23.5. The Morgan fingerprint density at radius 2 is 1.81 bits per heavy atom. The van der Waals surface area contributed by atoms with E-state index >= 15 is 4.39 Å². The third-order valence-electron chi connectivity index (χ3n) is 5.20. The van der Waals surface area contributed by atoms with Crippen LogP contribution in [0.1, 0.15) is 29.8 Å². The van der Waals surface area contributed by atoms with Crippen LogP contribution in [0, 0.1) is 5.82 Å². The SMILES string of the molecule is CNCCN(C(=O)c1ccc2c(c1OC)C=CC(C)(C)O2)c1ccc(OC)c(OC)c1F. The van der Waals surface area contributed by atoms with Gasteiger partial charge in [0.25, 0.3) is 5.91 Å². The molecule has 1 aliphatic rings. The lowest BCUT2D eigenvalue weighted by molar-refractivity contribution is 0.0983. The maximum atomic E-state index is 15.3. The summed E-state index contributed by atoms with van der Waals surface area (Å²) in [6.45, 7) is 4.56. The minimum absolute atomic E-state index is 0.0665. The lowest BCUT2D eigenvalue weighted by atomic mass is 9.99. The topological polar surface area (TPSA) is 69.3 Å². The molecular weight excluding hydrogens is 415 g/mol. The Morgan fingerprint density at radius 3 is 2.44 bits per heavy atom. The van der Waals surface area contributed by atoms with E-state index in [1.54, 1.807) is 25.2 Å². The van der Waals surface area contributed by atoms with Crippen LogP contribution in [0.25, 0.3) is 6.08 Å². The van der Waals surface area contributed by atoms with Gasteiger partial charge in [-0.05, 0) is 57.3 Å². The molecule has 0 atom stereocenters. The quantitative estimate of drug-likeness (QED) is 0.666. The molecule has 1 aliphatic heterocycles. The van der Waals surface area contributed by atoms with Gasteiger partial charge in [-0.15, -0.1) is 0 Å². The van der Waals surface area contributed by atoms with Crippen molar-refractivity contribution < 1.29 is 28.1 Å². The van der Waals surface area contributed by atoms with Gasteiger partial charge in [0.05, 0.1) is 38.1 Å². The van der Waals surface area contributed by atoms with E-state index in [1.165, 1.54) is 32.3 Å². The highest BCUT2D eigenvalue weighted by atomic mass is 19.1. The Balaban J connectivity index is 2.10. The summed E-state index contributed by atoms with van der Waals surface area (Å²) in [5.41, 5.74) is 0.574. The van der Waals surface area contributed by atoms with Crippen molar-refractivity contribution in [1.29, 1.82) is 0 Å². The zero-order valence-corrected chi connectivity index (χ0v) is 19.2. The molecule has 0 saturated heterocycles. The molecule has 0 fully saturated rings. The second-order valence-corrected chi connectivity index (χ2v) is 7.79. The molecule has 3 rings (SSSR count). The third-order valence-corrected chi connectivity index (χ3v) is 5.20. The van der Waals surface area contributed by atoms with E-state index in [1.807, 2.05) is 26.0 Å². The van der Waals surface area contributed by atoms with Gasteiger partial charge in [-0.1, -0.05) is 0 Å². The summed E-state index contributed by atoms with van der Waals surface area (Å²) in [5.74, 6) is 0.0660. The average molecular weight is 445 g/mol. The normalized spacial score (nSPS) is 13.7. The monoisotopic (exact) mass is 444 g/mol. The number of anilines is 1. The molecule has 0 aromatic heterocycles. The third kappa shape index (κ3) is 4.36. The van der Waals surface area contributed by atoms with E-state index in [2.05, 4.69) is 5.32 Å². The number of nitrogens with zero attached hydrogens (tertiary/aromatic N) is 1. The molecule has 1 amide bonds. The van der Waals surface area contributed by atoms with Crippen LogP contribution in [0.2, 0.25) is 0 Å². The summed E-state index contributed by atoms with van der Waals surface area (Å²) in [7, 11) is 6.03. The second-order valence-electron chi connectivity index (χ2n) is 7.79. The van der Waals surface area contributed by atoms with E-state index in [9.17, 15) is 4.79 Å². The highest BCUT2D eigenvalue weighted by Crippen LogP contribution is 2.41. The largest absolute Gasteiger partial charge is 0.495 e. The van der Waals surface area contributed by atoms with Gasteiger partial charge in [0, 0.05) is 13.1 Å². The number of methoxy groups -OCH3 is 3. The summed E-state index contributed by atoms with van der Waals surface area (Å²) < 4.78 is 37.3. The van der Waals surface area contributed by atoms with Crippen LogP contribution >= 0.6 is 0 Å². The molecule has 0 saturated carbocycles. The van der Waals surface area contributed by atoms with Gasteiger partial charge in [-0.3, -0.25) is 4.79 Å². The summed E-state index contributed by atoms with van der Waals surface area (Å²) in [5, 5.41) is 3.00. The number of benzene rings is 2. The molecule has 8 heteroatoms. The molecule has 2 aromatic rings. The van der Waals surface area contributed by atoms with Gasteiger partial charge in [-0.25, -0.2) is 4.39 Å². The van der Waals surface area contributed by atoms with Crippen molar-refractivity contribution in [3.8, 4) is 23.0 Å². The summed E-state index contributed by atoms with van der Waals surface area (Å²) in [6, 6.07) is 6.44. The van der Waals surface area contributed by atoms with E-state index in [4.69, 9.17) is 18.9 Å². The molecule has 2 aromatic carbocycles. The molecule has 7 nitrogen and oxygen atoms in total. The first-order valence-electron chi connectivity index (χ1n) is 10.2. The van der Waals surface area contributed by atoms with Crippen LogP contribution in [0.15, 0.2) is 30.3 Å². The Hall–Kier alpha value is -3.26. The molecule has 32 heavy (non-hydrogen) atoms. The molecule has 0 radical (unpaired) electrons. The first-order chi connectivity index (χ1) is 15.3.